The molecule has 10 nitrogen and oxygen atoms in total. The van der Waals surface area contributed by atoms with E-state index >= 15 is 0 Å². The Morgan fingerprint density at radius 1 is 1.15 bits per heavy atom. The largest absolute Gasteiger partial charge is 0.467 e. The summed E-state index contributed by atoms with van der Waals surface area (Å²) in [6.45, 7) is 1.71. The van der Waals surface area contributed by atoms with E-state index in [0.29, 0.717) is 12.2 Å². The third kappa shape index (κ3) is 3.47. The molecule has 0 saturated carbocycles. The molecule has 5 rings (SSSR count). The zero-order chi connectivity index (χ0) is 24.1. The second-order valence-electron chi connectivity index (χ2n) is 8.23. The minimum Gasteiger partial charge on any atom is -0.467 e. The molecular formula is C23H21ClN6O4. The van der Waals surface area contributed by atoms with Crippen LogP contribution in [0, 0.1) is 6.92 Å². The number of hydrogen-bond acceptors (Lipinski definition) is 6. The number of rotatable bonds is 4. The number of aromatic nitrogens is 4. The van der Waals surface area contributed by atoms with Crippen molar-refractivity contribution in [1.29, 1.82) is 0 Å². The predicted molar refractivity (Wildman–Crippen MR) is 126 cm³/mol. The lowest BCUT2D eigenvalue weighted by Crippen LogP contribution is -2.38. The molecule has 174 valence electrons. The van der Waals surface area contributed by atoms with E-state index in [4.69, 9.17) is 16.0 Å². The molecule has 0 fully saturated rings. The van der Waals surface area contributed by atoms with E-state index in [1.54, 1.807) is 18.4 Å². The van der Waals surface area contributed by atoms with Crippen molar-refractivity contribution in [3.63, 3.8) is 0 Å². The molecule has 4 aromatic rings. The Balaban J connectivity index is 1.56. The monoisotopic (exact) mass is 480 g/mol. The third-order valence-electron chi connectivity index (χ3n) is 6.02. The van der Waals surface area contributed by atoms with Crippen molar-refractivity contribution < 1.29 is 9.21 Å². The van der Waals surface area contributed by atoms with Crippen molar-refractivity contribution in [2.75, 3.05) is 0 Å². The highest BCUT2D eigenvalue weighted by molar-refractivity contribution is 6.29. The summed E-state index contributed by atoms with van der Waals surface area (Å²) < 4.78 is 9.07. The first-order valence-corrected chi connectivity index (χ1v) is 11.0. The maximum Gasteiger partial charge on any atom is 0.332 e. The van der Waals surface area contributed by atoms with Gasteiger partial charge in [0.15, 0.2) is 11.2 Å². The summed E-state index contributed by atoms with van der Waals surface area (Å²) in [6, 6.07) is 11.0. The van der Waals surface area contributed by atoms with Crippen LogP contribution in [0.3, 0.4) is 0 Å². The second kappa shape index (κ2) is 8.14. The maximum atomic E-state index is 13.5. The van der Waals surface area contributed by atoms with Crippen LogP contribution in [0.15, 0.2) is 61.8 Å². The Kier molecular flexibility index (Phi) is 5.24. The molecule has 0 radical (unpaired) electrons. The number of aryl methyl sites for hydroxylation is 2. The van der Waals surface area contributed by atoms with Crippen LogP contribution in [-0.2, 0) is 25.4 Å². The number of carbonyl (C=O) groups excluding carboxylic acids is 1. The second-order valence-corrected chi connectivity index (χ2v) is 8.57. The van der Waals surface area contributed by atoms with E-state index in [1.807, 2.05) is 31.2 Å². The molecular weight excluding hydrogens is 460 g/mol. The van der Waals surface area contributed by atoms with Gasteiger partial charge in [-0.3, -0.25) is 23.3 Å². The van der Waals surface area contributed by atoms with Gasteiger partial charge in [0.2, 0.25) is 5.28 Å². The molecule has 0 N–H and O–H groups in total. The molecule has 1 aliphatic heterocycles. The van der Waals surface area contributed by atoms with Crippen LogP contribution in [0.1, 0.15) is 29.3 Å². The molecule has 0 spiro atoms. The van der Waals surface area contributed by atoms with E-state index < -0.39 is 23.2 Å². The SMILES string of the molecule is Cc1ccc(C2=NN(C(=O)Cn3c(Cl)nc4c3c(=O)n(C)c(=O)n4C)C(c3ccco3)C2)cc1. The molecule has 1 unspecified atom stereocenters. The van der Waals surface area contributed by atoms with Gasteiger partial charge in [-0.05, 0) is 36.2 Å². The molecule has 1 aromatic carbocycles. The number of amides is 1. The molecule has 3 aromatic heterocycles. The highest BCUT2D eigenvalue weighted by Gasteiger charge is 2.35. The summed E-state index contributed by atoms with van der Waals surface area (Å²) in [7, 11) is 2.86. The minimum absolute atomic E-state index is 0.0689. The fraction of sp³-hybridized carbons (Fsp3) is 0.261. The van der Waals surface area contributed by atoms with Gasteiger partial charge in [0.1, 0.15) is 18.3 Å². The first kappa shape index (κ1) is 21.9. The van der Waals surface area contributed by atoms with Gasteiger partial charge >= 0.3 is 5.69 Å². The number of halogens is 1. The molecule has 0 saturated heterocycles. The Morgan fingerprint density at radius 2 is 1.88 bits per heavy atom. The Labute approximate surface area is 198 Å². The number of carbonyl (C=O) groups is 1. The first-order valence-electron chi connectivity index (χ1n) is 10.6. The molecule has 1 amide bonds. The van der Waals surface area contributed by atoms with Gasteiger partial charge in [-0.25, -0.2) is 9.80 Å². The van der Waals surface area contributed by atoms with Crippen LogP contribution >= 0.6 is 11.6 Å². The standard InChI is InChI=1S/C23H21ClN6O4/c1-13-6-8-14(9-7-13)15-11-16(17-5-4-10-34-17)30(26-15)18(31)12-29-19-20(25-22(29)24)27(2)23(33)28(3)21(19)32/h4-10,16H,11-12H2,1-3H3. The summed E-state index contributed by atoms with van der Waals surface area (Å²) in [5, 5.41) is 5.90. The topological polar surface area (TPSA) is 108 Å². The maximum absolute atomic E-state index is 13.5. The van der Waals surface area contributed by atoms with Crippen LogP contribution in [0.5, 0.6) is 0 Å². The van der Waals surface area contributed by atoms with E-state index in [2.05, 4.69) is 10.1 Å². The number of furan rings is 1. The Bertz CT molecular complexity index is 1560. The summed E-state index contributed by atoms with van der Waals surface area (Å²) in [5.41, 5.74) is 1.84. The quantitative estimate of drug-likeness (QED) is 0.417. The molecule has 0 bridgehead atoms. The van der Waals surface area contributed by atoms with Crippen molar-refractivity contribution in [2.45, 2.75) is 25.9 Å². The van der Waals surface area contributed by atoms with Crippen molar-refractivity contribution in [3.8, 4) is 0 Å². The third-order valence-corrected chi connectivity index (χ3v) is 6.31. The van der Waals surface area contributed by atoms with Gasteiger partial charge < -0.3 is 4.42 Å². The number of fused-ring (bicyclic) bond motifs is 1. The number of nitrogens with zero attached hydrogens (tertiary/aromatic N) is 6. The zero-order valence-corrected chi connectivity index (χ0v) is 19.5. The molecule has 4 heterocycles. The van der Waals surface area contributed by atoms with Crippen molar-refractivity contribution in [3.05, 3.63) is 85.7 Å². The van der Waals surface area contributed by atoms with Gasteiger partial charge in [0.05, 0.1) is 12.0 Å². The molecule has 11 heteroatoms. The van der Waals surface area contributed by atoms with Gasteiger partial charge in [-0.15, -0.1) is 0 Å². The predicted octanol–water partition coefficient (Wildman–Crippen LogP) is 2.37. The number of imidazole rings is 1. The molecule has 1 atom stereocenters. The van der Waals surface area contributed by atoms with Gasteiger partial charge in [0.25, 0.3) is 11.5 Å². The fourth-order valence-corrected chi connectivity index (χ4v) is 4.36. The van der Waals surface area contributed by atoms with Gasteiger partial charge in [-0.1, -0.05) is 29.8 Å². The van der Waals surface area contributed by atoms with E-state index in [1.165, 1.54) is 28.2 Å². The van der Waals surface area contributed by atoms with E-state index in [0.717, 1.165) is 21.4 Å². The first-order chi connectivity index (χ1) is 16.3. The lowest BCUT2D eigenvalue weighted by atomic mass is 10.0. The zero-order valence-electron chi connectivity index (χ0n) is 18.7. The Morgan fingerprint density at radius 3 is 2.56 bits per heavy atom. The Hall–Kier alpha value is -3.92. The van der Waals surface area contributed by atoms with Crippen molar-refractivity contribution in [2.24, 2.45) is 19.2 Å². The average molecular weight is 481 g/mol. The molecule has 34 heavy (non-hydrogen) atoms. The van der Waals surface area contributed by atoms with Crippen molar-refractivity contribution in [1.82, 2.24) is 23.7 Å². The lowest BCUT2D eigenvalue weighted by Gasteiger charge is -2.20. The summed E-state index contributed by atoms with van der Waals surface area (Å²) in [5.74, 6) is 0.194. The fourth-order valence-electron chi connectivity index (χ4n) is 4.14. The molecule has 0 aliphatic carbocycles. The number of benzene rings is 1. The highest BCUT2D eigenvalue weighted by atomic mass is 35.5. The lowest BCUT2D eigenvalue weighted by molar-refractivity contribution is -0.133. The van der Waals surface area contributed by atoms with E-state index in [-0.39, 0.29) is 23.0 Å². The van der Waals surface area contributed by atoms with Crippen LogP contribution in [-0.4, -0.2) is 35.3 Å². The molecule has 1 aliphatic rings. The summed E-state index contributed by atoms with van der Waals surface area (Å²) in [4.78, 5) is 42.7. The smallest absolute Gasteiger partial charge is 0.332 e. The summed E-state index contributed by atoms with van der Waals surface area (Å²) >= 11 is 6.31. The summed E-state index contributed by atoms with van der Waals surface area (Å²) in [6.07, 6.45) is 2.02. The van der Waals surface area contributed by atoms with Crippen molar-refractivity contribution >= 4 is 34.4 Å². The number of hydrogen-bond donors (Lipinski definition) is 0. The van der Waals surface area contributed by atoms with Gasteiger partial charge in [-0.2, -0.15) is 10.1 Å². The van der Waals surface area contributed by atoms with Gasteiger partial charge in [0, 0.05) is 20.5 Å². The highest BCUT2D eigenvalue weighted by Crippen LogP contribution is 2.33. The number of hydrazone groups is 1. The van der Waals surface area contributed by atoms with Crippen LogP contribution < -0.4 is 11.2 Å². The van der Waals surface area contributed by atoms with Crippen LogP contribution in [0.2, 0.25) is 5.28 Å². The van der Waals surface area contributed by atoms with E-state index in [9.17, 15) is 14.4 Å². The normalized spacial score (nSPS) is 15.8. The average Bonchev–Trinajstić information content (AvgIpc) is 3.56. The van der Waals surface area contributed by atoms with Crippen LogP contribution in [0.4, 0.5) is 0 Å². The van der Waals surface area contributed by atoms with Crippen LogP contribution in [0.25, 0.3) is 11.2 Å². The minimum atomic E-state index is -0.585.